The zero-order valence-electron chi connectivity index (χ0n) is 18.1. The summed E-state index contributed by atoms with van der Waals surface area (Å²) in [6, 6.07) is 15.7. The fourth-order valence-corrected chi connectivity index (χ4v) is 3.74. The first kappa shape index (κ1) is 20.9. The summed E-state index contributed by atoms with van der Waals surface area (Å²) in [5.41, 5.74) is 1.99. The summed E-state index contributed by atoms with van der Waals surface area (Å²) in [6.45, 7) is 5.21. The quantitative estimate of drug-likeness (QED) is 0.545. The molecule has 0 spiro atoms. The number of nitrogens with zero attached hydrogens (tertiary/aromatic N) is 3. The van der Waals surface area contributed by atoms with E-state index in [0.29, 0.717) is 42.7 Å². The van der Waals surface area contributed by atoms with E-state index >= 15 is 0 Å². The third-order valence-electron chi connectivity index (χ3n) is 5.30. The molecular formula is C24H27N3O4. The van der Waals surface area contributed by atoms with E-state index in [-0.39, 0.29) is 17.9 Å². The molecule has 1 fully saturated rings. The lowest BCUT2D eigenvalue weighted by atomic mass is 10.1. The molecule has 3 aromatic rings. The predicted octanol–water partition coefficient (Wildman–Crippen LogP) is 4.09. The number of methoxy groups -OCH3 is 1. The summed E-state index contributed by atoms with van der Waals surface area (Å²) < 4.78 is 16.7. The molecule has 0 aliphatic carbocycles. The number of aromatic nitrogens is 2. The van der Waals surface area contributed by atoms with Gasteiger partial charge < -0.3 is 18.9 Å². The summed E-state index contributed by atoms with van der Waals surface area (Å²) in [5, 5.41) is 4.13. The van der Waals surface area contributed by atoms with Gasteiger partial charge in [-0.1, -0.05) is 35.5 Å². The summed E-state index contributed by atoms with van der Waals surface area (Å²) in [4.78, 5) is 18.9. The molecule has 1 saturated heterocycles. The Labute approximate surface area is 182 Å². The van der Waals surface area contributed by atoms with Crippen LogP contribution in [-0.4, -0.2) is 47.3 Å². The Morgan fingerprint density at radius 1 is 1.16 bits per heavy atom. The molecule has 0 radical (unpaired) electrons. The predicted molar refractivity (Wildman–Crippen MR) is 116 cm³/mol. The van der Waals surface area contributed by atoms with E-state index < -0.39 is 0 Å². The van der Waals surface area contributed by atoms with Crippen LogP contribution in [0.1, 0.15) is 37.6 Å². The Balaban J connectivity index is 1.43. The van der Waals surface area contributed by atoms with E-state index in [2.05, 4.69) is 22.3 Å². The summed E-state index contributed by atoms with van der Waals surface area (Å²) in [5.74, 6) is 2.28. The fourth-order valence-electron chi connectivity index (χ4n) is 3.74. The first-order chi connectivity index (χ1) is 15.0. The van der Waals surface area contributed by atoms with Gasteiger partial charge in [-0.15, -0.1) is 0 Å². The van der Waals surface area contributed by atoms with Gasteiger partial charge in [0.1, 0.15) is 0 Å². The number of hydrogen-bond donors (Lipinski definition) is 0. The van der Waals surface area contributed by atoms with Gasteiger partial charge in [0.25, 0.3) is 0 Å². The Bertz CT molecular complexity index is 1030. The minimum Gasteiger partial charge on any atom is -0.493 e. The van der Waals surface area contributed by atoms with Gasteiger partial charge in [-0.25, -0.2) is 0 Å². The molecule has 1 aromatic heterocycles. The van der Waals surface area contributed by atoms with Crippen molar-refractivity contribution in [3.63, 3.8) is 0 Å². The van der Waals surface area contributed by atoms with Crippen LogP contribution < -0.4 is 9.47 Å². The average Bonchev–Trinajstić information content (AvgIpc) is 3.40. The van der Waals surface area contributed by atoms with Crippen LogP contribution >= 0.6 is 0 Å². The van der Waals surface area contributed by atoms with Crippen molar-refractivity contribution >= 4 is 5.91 Å². The largest absolute Gasteiger partial charge is 0.493 e. The molecule has 1 aliphatic rings. The summed E-state index contributed by atoms with van der Waals surface area (Å²) >= 11 is 0. The van der Waals surface area contributed by atoms with Crippen LogP contribution in [0.15, 0.2) is 53.1 Å². The minimum absolute atomic E-state index is 0.0428. The molecular weight excluding hydrogens is 394 g/mol. The van der Waals surface area contributed by atoms with Crippen molar-refractivity contribution in [3.05, 3.63) is 60.0 Å². The fraction of sp³-hybridized carbons (Fsp3) is 0.375. The first-order valence-corrected chi connectivity index (χ1v) is 10.5. The molecule has 2 aromatic carbocycles. The summed E-state index contributed by atoms with van der Waals surface area (Å²) in [7, 11) is 1.60. The van der Waals surface area contributed by atoms with Crippen LogP contribution in [0.3, 0.4) is 0 Å². The lowest BCUT2D eigenvalue weighted by molar-refractivity contribution is -0.127. The van der Waals surface area contributed by atoms with E-state index in [0.717, 1.165) is 12.0 Å². The third-order valence-corrected chi connectivity index (χ3v) is 5.30. The Morgan fingerprint density at radius 2 is 1.97 bits per heavy atom. The van der Waals surface area contributed by atoms with Gasteiger partial charge in [-0.05, 0) is 44.0 Å². The van der Waals surface area contributed by atoms with Crippen molar-refractivity contribution in [2.75, 3.05) is 20.2 Å². The van der Waals surface area contributed by atoms with Gasteiger partial charge in [-0.3, -0.25) is 4.79 Å². The molecule has 7 nitrogen and oxygen atoms in total. The number of hydrogen-bond acceptors (Lipinski definition) is 6. The highest BCUT2D eigenvalue weighted by Crippen LogP contribution is 2.33. The molecule has 1 atom stereocenters. The van der Waals surface area contributed by atoms with Crippen LogP contribution in [-0.2, 0) is 11.2 Å². The zero-order valence-corrected chi connectivity index (χ0v) is 18.1. The third kappa shape index (κ3) is 4.87. The van der Waals surface area contributed by atoms with E-state index in [1.54, 1.807) is 7.11 Å². The number of rotatable bonds is 8. The number of carbonyl (C=O) groups is 1. The maximum Gasteiger partial charge on any atom is 0.232 e. The molecule has 0 saturated carbocycles. The standard InChI is InChI=1S/C24H27N3O4/c1-16(2)30-20-10-9-18(13-21(20)29-3)23-25-24(31-26-23)19-14-22(28)27(15-19)12-11-17-7-5-4-6-8-17/h4-10,13,16,19H,11-12,14-15H2,1-3H3. The molecule has 4 rings (SSSR count). The smallest absolute Gasteiger partial charge is 0.232 e. The summed E-state index contributed by atoms with van der Waals surface area (Å²) in [6.07, 6.45) is 1.26. The molecule has 1 aliphatic heterocycles. The highest BCUT2D eigenvalue weighted by molar-refractivity contribution is 5.79. The highest BCUT2D eigenvalue weighted by Gasteiger charge is 2.34. The van der Waals surface area contributed by atoms with Crippen molar-refractivity contribution < 1.29 is 18.8 Å². The monoisotopic (exact) mass is 421 g/mol. The van der Waals surface area contributed by atoms with Crippen LogP contribution in [0.25, 0.3) is 11.4 Å². The second-order valence-electron chi connectivity index (χ2n) is 7.96. The van der Waals surface area contributed by atoms with Crippen LogP contribution in [0.5, 0.6) is 11.5 Å². The molecule has 1 amide bonds. The molecule has 2 heterocycles. The Hall–Kier alpha value is -3.35. The number of amides is 1. The lowest BCUT2D eigenvalue weighted by Gasteiger charge is -2.15. The number of likely N-dealkylation sites (tertiary alicyclic amines) is 1. The molecule has 0 bridgehead atoms. The van der Waals surface area contributed by atoms with Crippen LogP contribution in [0.2, 0.25) is 0 Å². The molecule has 1 unspecified atom stereocenters. The van der Waals surface area contributed by atoms with Crippen molar-refractivity contribution in [2.24, 2.45) is 0 Å². The molecule has 0 N–H and O–H groups in total. The maximum atomic E-state index is 12.5. The Kier molecular flexibility index (Phi) is 6.21. The number of benzene rings is 2. The number of carbonyl (C=O) groups excluding carboxylic acids is 1. The topological polar surface area (TPSA) is 77.7 Å². The van der Waals surface area contributed by atoms with Crippen molar-refractivity contribution in [2.45, 2.75) is 38.7 Å². The lowest BCUT2D eigenvalue weighted by Crippen LogP contribution is -2.27. The van der Waals surface area contributed by atoms with Gasteiger partial charge in [0, 0.05) is 25.1 Å². The average molecular weight is 421 g/mol. The molecule has 162 valence electrons. The minimum atomic E-state index is -0.0880. The maximum absolute atomic E-state index is 12.5. The molecule has 7 heteroatoms. The van der Waals surface area contributed by atoms with Crippen molar-refractivity contribution in [3.8, 4) is 22.9 Å². The number of ether oxygens (including phenoxy) is 2. The van der Waals surface area contributed by atoms with Gasteiger partial charge in [0.15, 0.2) is 11.5 Å². The van der Waals surface area contributed by atoms with E-state index in [4.69, 9.17) is 14.0 Å². The second kappa shape index (κ2) is 9.20. The van der Waals surface area contributed by atoms with E-state index in [9.17, 15) is 4.79 Å². The van der Waals surface area contributed by atoms with Gasteiger partial charge in [0.05, 0.1) is 19.1 Å². The normalized spacial score (nSPS) is 16.2. The Morgan fingerprint density at radius 3 is 2.71 bits per heavy atom. The first-order valence-electron chi connectivity index (χ1n) is 10.5. The highest BCUT2D eigenvalue weighted by atomic mass is 16.5. The van der Waals surface area contributed by atoms with E-state index in [1.165, 1.54) is 5.56 Å². The van der Waals surface area contributed by atoms with Crippen LogP contribution in [0, 0.1) is 0 Å². The second-order valence-corrected chi connectivity index (χ2v) is 7.96. The van der Waals surface area contributed by atoms with Gasteiger partial charge >= 0.3 is 0 Å². The van der Waals surface area contributed by atoms with Crippen molar-refractivity contribution in [1.82, 2.24) is 15.0 Å². The van der Waals surface area contributed by atoms with Crippen molar-refractivity contribution in [1.29, 1.82) is 0 Å². The van der Waals surface area contributed by atoms with Crippen LogP contribution in [0.4, 0.5) is 0 Å². The molecule has 31 heavy (non-hydrogen) atoms. The SMILES string of the molecule is COc1cc(-c2noc(C3CC(=O)N(CCc4ccccc4)C3)n2)ccc1OC(C)C. The van der Waals surface area contributed by atoms with E-state index in [1.807, 2.05) is 55.1 Å². The van der Waals surface area contributed by atoms with Gasteiger partial charge in [-0.2, -0.15) is 4.98 Å². The zero-order chi connectivity index (χ0) is 21.8. The van der Waals surface area contributed by atoms with Gasteiger partial charge in [0.2, 0.25) is 17.6 Å².